The number of aliphatic hydroxyl groups excluding tert-OH is 1. The van der Waals surface area contributed by atoms with Gasteiger partial charge < -0.3 is 20.9 Å². The largest absolute Gasteiger partial charge is 0.490 e. The third kappa shape index (κ3) is 2.41. The second kappa shape index (κ2) is 5.18. The molecule has 1 aromatic heterocycles. The maximum atomic E-state index is 9.27. The topological polar surface area (TPSA) is 93.3 Å². The van der Waals surface area contributed by atoms with Crippen molar-refractivity contribution in [3.05, 3.63) is 6.33 Å². The van der Waals surface area contributed by atoms with Gasteiger partial charge in [0.15, 0.2) is 11.6 Å². The predicted molar refractivity (Wildman–Crippen MR) is 64.8 cm³/mol. The van der Waals surface area contributed by atoms with Gasteiger partial charge in [-0.25, -0.2) is 9.97 Å². The number of nitrogens with zero attached hydrogens (tertiary/aromatic N) is 2. The van der Waals surface area contributed by atoms with E-state index in [1.54, 1.807) is 7.11 Å². The molecule has 0 aliphatic heterocycles. The van der Waals surface area contributed by atoms with Gasteiger partial charge in [0.25, 0.3) is 0 Å². The SMILES string of the molecule is COc1c(N)ncnc1NC1CCCC1CO. The van der Waals surface area contributed by atoms with Crippen LogP contribution in [0, 0.1) is 5.92 Å². The predicted octanol–water partition coefficient (Wildman–Crippen LogP) is 0.640. The number of nitrogen functional groups attached to an aromatic ring is 1. The lowest BCUT2D eigenvalue weighted by Gasteiger charge is -2.20. The summed E-state index contributed by atoms with van der Waals surface area (Å²) in [5.41, 5.74) is 5.71. The molecule has 0 amide bonds. The average molecular weight is 238 g/mol. The average Bonchev–Trinajstić information content (AvgIpc) is 2.77. The summed E-state index contributed by atoms with van der Waals surface area (Å²) in [7, 11) is 1.54. The van der Waals surface area contributed by atoms with E-state index in [0.717, 1.165) is 19.3 Å². The van der Waals surface area contributed by atoms with E-state index in [0.29, 0.717) is 17.4 Å². The molecule has 0 saturated heterocycles. The molecule has 1 aliphatic rings. The Bertz CT molecular complexity index is 386. The number of methoxy groups -OCH3 is 1. The van der Waals surface area contributed by atoms with Crippen LogP contribution in [-0.2, 0) is 0 Å². The van der Waals surface area contributed by atoms with Gasteiger partial charge in [0.1, 0.15) is 6.33 Å². The number of anilines is 2. The minimum Gasteiger partial charge on any atom is -0.490 e. The Balaban J connectivity index is 2.15. The lowest BCUT2D eigenvalue weighted by molar-refractivity contribution is 0.222. The zero-order valence-electron chi connectivity index (χ0n) is 9.89. The van der Waals surface area contributed by atoms with Crippen molar-refractivity contribution in [3.8, 4) is 5.75 Å². The van der Waals surface area contributed by atoms with Crippen LogP contribution in [0.25, 0.3) is 0 Å². The number of rotatable bonds is 4. The number of hydrogen-bond donors (Lipinski definition) is 3. The minimum atomic E-state index is 0.195. The van der Waals surface area contributed by atoms with Gasteiger partial charge >= 0.3 is 0 Å². The molecule has 94 valence electrons. The van der Waals surface area contributed by atoms with Crippen molar-refractivity contribution in [3.63, 3.8) is 0 Å². The van der Waals surface area contributed by atoms with E-state index in [1.165, 1.54) is 6.33 Å². The standard InChI is InChI=1S/C11H18N4O2/c1-17-9-10(12)13-6-14-11(9)15-8-4-2-3-7(8)5-16/h6-8,16H,2-5H2,1H3,(H3,12,13,14,15). The highest BCUT2D eigenvalue weighted by atomic mass is 16.5. The van der Waals surface area contributed by atoms with Crippen LogP contribution in [0.1, 0.15) is 19.3 Å². The van der Waals surface area contributed by atoms with Crippen molar-refractivity contribution in [2.24, 2.45) is 5.92 Å². The molecule has 2 rings (SSSR count). The van der Waals surface area contributed by atoms with Crippen molar-refractivity contribution in [1.29, 1.82) is 0 Å². The number of nitrogens with two attached hydrogens (primary N) is 1. The number of hydrogen-bond acceptors (Lipinski definition) is 6. The first kappa shape index (κ1) is 11.9. The van der Waals surface area contributed by atoms with Crippen LogP contribution in [0.15, 0.2) is 6.33 Å². The fraction of sp³-hybridized carbons (Fsp3) is 0.636. The molecule has 4 N–H and O–H groups in total. The van der Waals surface area contributed by atoms with E-state index in [1.807, 2.05) is 0 Å². The van der Waals surface area contributed by atoms with Crippen molar-refractivity contribution in [2.75, 3.05) is 24.8 Å². The summed E-state index contributed by atoms with van der Waals surface area (Å²) in [6, 6.07) is 0.225. The Kier molecular flexibility index (Phi) is 3.63. The van der Waals surface area contributed by atoms with E-state index in [2.05, 4.69) is 15.3 Å². The maximum absolute atomic E-state index is 9.27. The molecule has 1 fully saturated rings. The third-order valence-corrected chi connectivity index (χ3v) is 3.25. The first-order valence-electron chi connectivity index (χ1n) is 5.78. The smallest absolute Gasteiger partial charge is 0.203 e. The van der Waals surface area contributed by atoms with Gasteiger partial charge in [0, 0.05) is 18.6 Å². The van der Waals surface area contributed by atoms with E-state index >= 15 is 0 Å². The molecule has 2 unspecified atom stereocenters. The van der Waals surface area contributed by atoms with Crippen molar-refractivity contribution in [1.82, 2.24) is 9.97 Å². The lowest BCUT2D eigenvalue weighted by atomic mass is 10.1. The zero-order valence-corrected chi connectivity index (χ0v) is 9.89. The maximum Gasteiger partial charge on any atom is 0.203 e. The number of aromatic nitrogens is 2. The first-order valence-corrected chi connectivity index (χ1v) is 5.78. The second-order valence-electron chi connectivity index (χ2n) is 4.27. The Hall–Kier alpha value is -1.56. The summed E-state index contributed by atoms with van der Waals surface area (Å²) < 4.78 is 5.18. The van der Waals surface area contributed by atoms with Crippen LogP contribution >= 0.6 is 0 Å². The summed E-state index contributed by atoms with van der Waals surface area (Å²) in [6.45, 7) is 0.195. The molecule has 1 saturated carbocycles. The Morgan fingerprint density at radius 1 is 1.53 bits per heavy atom. The highest BCUT2D eigenvalue weighted by molar-refractivity contribution is 5.61. The quantitative estimate of drug-likeness (QED) is 0.712. The Labute approximate surface area is 100 Å². The molecular formula is C11H18N4O2. The van der Waals surface area contributed by atoms with Gasteiger partial charge in [0.2, 0.25) is 5.75 Å². The molecule has 2 atom stereocenters. The van der Waals surface area contributed by atoms with Gasteiger partial charge in [-0.3, -0.25) is 0 Å². The molecule has 0 spiro atoms. The monoisotopic (exact) mass is 238 g/mol. The summed E-state index contributed by atoms with van der Waals surface area (Å²) in [6.07, 6.45) is 4.59. The molecule has 6 heteroatoms. The van der Waals surface area contributed by atoms with Gasteiger partial charge in [-0.15, -0.1) is 0 Å². The number of aliphatic hydroxyl groups is 1. The zero-order chi connectivity index (χ0) is 12.3. The van der Waals surface area contributed by atoms with Crippen LogP contribution in [0.5, 0.6) is 5.75 Å². The molecule has 0 radical (unpaired) electrons. The fourth-order valence-corrected chi connectivity index (χ4v) is 2.31. The summed E-state index contributed by atoms with van der Waals surface area (Å²) in [5, 5.41) is 12.6. The molecule has 6 nitrogen and oxygen atoms in total. The molecule has 17 heavy (non-hydrogen) atoms. The van der Waals surface area contributed by atoms with Gasteiger partial charge in [-0.05, 0) is 12.8 Å². The summed E-state index contributed by atoms with van der Waals surface area (Å²) in [5.74, 6) is 1.67. The van der Waals surface area contributed by atoms with Gasteiger partial charge in [-0.2, -0.15) is 0 Å². The minimum absolute atomic E-state index is 0.195. The third-order valence-electron chi connectivity index (χ3n) is 3.25. The first-order chi connectivity index (χ1) is 8.26. The molecule has 0 aromatic carbocycles. The Morgan fingerprint density at radius 2 is 2.35 bits per heavy atom. The van der Waals surface area contributed by atoms with Crippen LogP contribution < -0.4 is 15.8 Å². The van der Waals surface area contributed by atoms with Gasteiger partial charge in [-0.1, -0.05) is 6.42 Å². The molecular weight excluding hydrogens is 220 g/mol. The Morgan fingerprint density at radius 3 is 3.06 bits per heavy atom. The molecule has 1 aromatic rings. The van der Waals surface area contributed by atoms with Crippen molar-refractivity contribution < 1.29 is 9.84 Å². The lowest BCUT2D eigenvalue weighted by Crippen LogP contribution is -2.27. The molecule has 1 aliphatic carbocycles. The van der Waals surface area contributed by atoms with E-state index in [-0.39, 0.29) is 18.6 Å². The highest BCUT2D eigenvalue weighted by Gasteiger charge is 2.27. The van der Waals surface area contributed by atoms with Crippen LogP contribution in [0.2, 0.25) is 0 Å². The second-order valence-corrected chi connectivity index (χ2v) is 4.27. The summed E-state index contributed by atoms with van der Waals surface area (Å²) in [4.78, 5) is 8.01. The van der Waals surface area contributed by atoms with Crippen LogP contribution in [-0.4, -0.2) is 34.8 Å². The number of ether oxygens (including phenoxy) is 1. The summed E-state index contributed by atoms with van der Waals surface area (Å²) >= 11 is 0. The number of nitrogens with one attached hydrogen (secondary N) is 1. The molecule has 0 bridgehead atoms. The molecule has 1 heterocycles. The van der Waals surface area contributed by atoms with Crippen molar-refractivity contribution in [2.45, 2.75) is 25.3 Å². The van der Waals surface area contributed by atoms with E-state index in [9.17, 15) is 5.11 Å². The van der Waals surface area contributed by atoms with Gasteiger partial charge in [0.05, 0.1) is 7.11 Å². The van der Waals surface area contributed by atoms with E-state index in [4.69, 9.17) is 10.5 Å². The van der Waals surface area contributed by atoms with Crippen LogP contribution in [0.3, 0.4) is 0 Å². The fourth-order valence-electron chi connectivity index (χ4n) is 2.31. The van der Waals surface area contributed by atoms with Crippen LogP contribution in [0.4, 0.5) is 11.6 Å². The van der Waals surface area contributed by atoms with E-state index < -0.39 is 0 Å². The highest BCUT2D eigenvalue weighted by Crippen LogP contribution is 2.32. The normalized spacial score (nSPS) is 23.6. The van der Waals surface area contributed by atoms with Crippen molar-refractivity contribution >= 4 is 11.6 Å².